The molecule has 9 heteroatoms. The molecule has 0 saturated heterocycles. The Balaban J connectivity index is 1.47. The van der Waals surface area contributed by atoms with Gasteiger partial charge in [-0.25, -0.2) is 9.67 Å². The average Bonchev–Trinajstić information content (AvgIpc) is 3.26. The molecule has 186 valence electrons. The van der Waals surface area contributed by atoms with Crippen LogP contribution in [0.1, 0.15) is 46.7 Å². The van der Waals surface area contributed by atoms with Gasteiger partial charge < -0.3 is 20.1 Å². The van der Waals surface area contributed by atoms with Gasteiger partial charge in [-0.05, 0) is 62.6 Å². The maximum atomic E-state index is 13.1. The van der Waals surface area contributed by atoms with Gasteiger partial charge in [0.1, 0.15) is 30.3 Å². The first-order valence-electron chi connectivity index (χ1n) is 11.6. The van der Waals surface area contributed by atoms with E-state index in [1.807, 2.05) is 32.0 Å². The van der Waals surface area contributed by atoms with Gasteiger partial charge in [0.15, 0.2) is 0 Å². The number of aryl methyl sites for hydroxylation is 2. The topological polar surface area (TPSA) is 110 Å². The average molecular weight is 488 g/mol. The lowest BCUT2D eigenvalue weighted by atomic mass is 10.0. The second-order valence-corrected chi connectivity index (χ2v) is 9.36. The zero-order valence-corrected chi connectivity index (χ0v) is 21.0. The SMILES string of the molecule is Cc1cccc(C)c1Cn1cnc(C(=O)N[C@@H]2COc3ccc(C#CC(C)(C)O)cc3N(C)C2=O)n1. The molecule has 2 heterocycles. The molecular formula is C27H29N5O4. The van der Waals surface area contributed by atoms with Gasteiger partial charge >= 0.3 is 0 Å². The number of ether oxygens (including phenoxy) is 1. The minimum atomic E-state index is -1.14. The van der Waals surface area contributed by atoms with E-state index in [0.717, 1.165) is 16.7 Å². The second-order valence-electron chi connectivity index (χ2n) is 9.36. The summed E-state index contributed by atoms with van der Waals surface area (Å²) < 4.78 is 7.43. The molecule has 4 rings (SSSR count). The molecule has 2 aromatic carbocycles. The van der Waals surface area contributed by atoms with Crippen molar-refractivity contribution >= 4 is 17.5 Å². The molecule has 2 N–H and O–H groups in total. The van der Waals surface area contributed by atoms with Crippen LogP contribution in [0, 0.1) is 25.7 Å². The fraction of sp³-hybridized carbons (Fsp3) is 0.333. The normalized spacial score (nSPS) is 15.3. The summed E-state index contributed by atoms with van der Waals surface area (Å²) in [5.41, 5.74) is 3.40. The maximum Gasteiger partial charge on any atom is 0.291 e. The summed E-state index contributed by atoms with van der Waals surface area (Å²) in [6.07, 6.45) is 1.50. The fourth-order valence-corrected chi connectivity index (χ4v) is 3.86. The van der Waals surface area contributed by atoms with Crippen molar-refractivity contribution < 1.29 is 19.4 Å². The number of nitrogens with zero attached hydrogens (tertiary/aromatic N) is 4. The Kier molecular flexibility index (Phi) is 6.82. The Morgan fingerprint density at radius 2 is 1.97 bits per heavy atom. The Morgan fingerprint density at radius 3 is 2.67 bits per heavy atom. The Labute approximate surface area is 210 Å². The minimum absolute atomic E-state index is 0.0253. The first kappa shape index (κ1) is 24.9. The predicted octanol–water partition coefficient (Wildman–Crippen LogP) is 2.22. The molecule has 0 bridgehead atoms. The molecular weight excluding hydrogens is 458 g/mol. The Hall–Kier alpha value is -4.16. The van der Waals surface area contributed by atoms with Crippen LogP contribution in [0.3, 0.4) is 0 Å². The van der Waals surface area contributed by atoms with E-state index in [4.69, 9.17) is 4.74 Å². The molecule has 0 aliphatic carbocycles. The number of benzene rings is 2. The number of nitrogens with one attached hydrogen (secondary N) is 1. The van der Waals surface area contributed by atoms with E-state index in [2.05, 4.69) is 27.2 Å². The smallest absolute Gasteiger partial charge is 0.291 e. The summed E-state index contributed by atoms with van der Waals surface area (Å²) in [5.74, 6) is 5.21. The van der Waals surface area contributed by atoms with Crippen molar-refractivity contribution in [2.75, 3.05) is 18.6 Å². The molecule has 2 amide bonds. The lowest BCUT2D eigenvalue weighted by Gasteiger charge is -2.20. The maximum absolute atomic E-state index is 13.1. The van der Waals surface area contributed by atoms with Crippen molar-refractivity contribution in [3.8, 4) is 17.6 Å². The fourth-order valence-electron chi connectivity index (χ4n) is 3.86. The van der Waals surface area contributed by atoms with Crippen LogP contribution in [0.2, 0.25) is 0 Å². The molecule has 0 unspecified atom stereocenters. The van der Waals surface area contributed by atoms with Crippen molar-refractivity contribution in [3.05, 3.63) is 70.8 Å². The summed E-state index contributed by atoms with van der Waals surface area (Å²) in [6, 6.07) is 10.3. The Morgan fingerprint density at radius 1 is 1.25 bits per heavy atom. The second kappa shape index (κ2) is 9.84. The number of anilines is 1. The summed E-state index contributed by atoms with van der Waals surface area (Å²) in [5, 5.41) is 16.9. The van der Waals surface area contributed by atoms with Crippen molar-refractivity contribution in [3.63, 3.8) is 0 Å². The number of amides is 2. The van der Waals surface area contributed by atoms with Gasteiger partial charge in [0.2, 0.25) is 5.82 Å². The summed E-state index contributed by atoms with van der Waals surface area (Å²) in [6.45, 7) is 7.69. The van der Waals surface area contributed by atoms with Crippen LogP contribution < -0.4 is 15.0 Å². The van der Waals surface area contributed by atoms with E-state index in [1.54, 1.807) is 43.8 Å². The largest absolute Gasteiger partial charge is 0.489 e. The standard InChI is InChI=1S/C27H29N5O4/c1-17-7-6-8-18(2)20(17)14-32-16-28-24(30-32)25(33)29-21-15-36-23-10-9-19(11-12-27(3,4)35)13-22(23)31(5)26(21)34/h6-10,13,16,21,35H,14-15H2,1-5H3,(H,29,33)/t21-/m1/s1. The van der Waals surface area contributed by atoms with Gasteiger partial charge in [-0.1, -0.05) is 30.0 Å². The molecule has 3 aromatic rings. The zero-order valence-electron chi connectivity index (χ0n) is 21.0. The molecule has 0 spiro atoms. The van der Waals surface area contributed by atoms with E-state index >= 15 is 0 Å². The molecule has 1 aliphatic heterocycles. The molecule has 0 fully saturated rings. The van der Waals surface area contributed by atoms with Crippen LogP contribution >= 0.6 is 0 Å². The van der Waals surface area contributed by atoms with Crippen molar-refractivity contribution in [1.29, 1.82) is 0 Å². The lowest BCUT2D eigenvalue weighted by Crippen LogP contribution is -2.49. The quantitative estimate of drug-likeness (QED) is 0.546. The van der Waals surface area contributed by atoms with Gasteiger partial charge in [0, 0.05) is 12.6 Å². The van der Waals surface area contributed by atoms with Crippen LogP contribution in [-0.4, -0.2) is 57.0 Å². The molecule has 1 aliphatic rings. The van der Waals surface area contributed by atoms with E-state index in [1.165, 1.54) is 11.2 Å². The van der Waals surface area contributed by atoms with Crippen molar-refractivity contribution in [2.45, 2.75) is 45.9 Å². The highest BCUT2D eigenvalue weighted by Gasteiger charge is 2.31. The first-order valence-corrected chi connectivity index (χ1v) is 11.6. The molecule has 0 saturated carbocycles. The lowest BCUT2D eigenvalue weighted by molar-refractivity contribution is -0.120. The van der Waals surface area contributed by atoms with Crippen LogP contribution in [0.5, 0.6) is 5.75 Å². The number of carbonyl (C=O) groups is 2. The molecule has 36 heavy (non-hydrogen) atoms. The zero-order chi connectivity index (χ0) is 26.0. The highest BCUT2D eigenvalue weighted by molar-refractivity contribution is 6.02. The van der Waals surface area contributed by atoms with E-state index in [9.17, 15) is 14.7 Å². The van der Waals surface area contributed by atoms with Crippen LogP contribution in [0.15, 0.2) is 42.7 Å². The van der Waals surface area contributed by atoms with Gasteiger partial charge in [0.25, 0.3) is 11.8 Å². The minimum Gasteiger partial charge on any atom is -0.489 e. The number of hydrogen-bond donors (Lipinski definition) is 2. The van der Waals surface area contributed by atoms with Crippen molar-refractivity contribution in [1.82, 2.24) is 20.1 Å². The highest BCUT2D eigenvalue weighted by atomic mass is 16.5. The molecule has 0 radical (unpaired) electrons. The highest BCUT2D eigenvalue weighted by Crippen LogP contribution is 2.31. The molecule has 1 atom stereocenters. The monoisotopic (exact) mass is 487 g/mol. The third-order valence-corrected chi connectivity index (χ3v) is 5.88. The first-order chi connectivity index (χ1) is 17.0. The number of carbonyl (C=O) groups excluding carboxylic acids is 2. The number of rotatable bonds is 4. The number of hydrogen-bond acceptors (Lipinski definition) is 6. The van der Waals surface area contributed by atoms with Crippen LogP contribution in [0.4, 0.5) is 5.69 Å². The number of aliphatic hydroxyl groups is 1. The molecule has 1 aromatic heterocycles. The number of fused-ring (bicyclic) bond motifs is 1. The van der Waals surface area contributed by atoms with E-state index in [0.29, 0.717) is 23.5 Å². The van der Waals surface area contributed by atoms with Gasteiger partial charge in [0.05, 0.1) is 12.2 Å². The summed E-state index contributed by atoms with van der Waals surface area (Å²) >= 11 is 0. The third-order valence-electron chi connectivity index (χ3n) is 5.88. The van der Waals surface area contributed by atoms with E-state index < -0.39 is 17.6 Å². The number of aromatic nitrogens is 3. The van der Waals surface area contributed by atoms with Crippen LogP contribution in [-0.2, 0) is 11.3 Å². The molecule has 9 nitrogen and oxygen atoms in total. The third kappa shape index (κ3) is 5.56. The van der Waals surface area contributed by atoms with Gasteiger partial charge in [-0.3, -0.25) is 9.59 Å². The van der Waals surface area contributed by atoms with E-state index in [-0.39, 0.29) is 18.3 Å². The summed E-state index contributed by atoms with van der Waals surface area (Å²) in [7, 11) is 1.61. The Bertz CT molecular complexity index is 1360. The van der Waals surface area contributed by atoms with Gasteiger partial charge in [-0.15, -0.1) is 5.10 Å². The van der Waals surface area contributed by atoms with Gasteiger partial charge in [-0.2, -0.15) is 0 Å². The van der Waals surface area contributed by atoms with Crippen LogP contribution in [0.25, 0.3) is 0 Å². The predicted molar refractivity (Wildman–Crippen MR) is 135 cm³/mol. The summed E-state index contributed by atoms with van der Waals surface area (Å²) in [4.78, 5) is 31.6. The van der Waals surface area contributed by atoms with Crippen molar-refractivity contribution in [2.24, 2.45) is 0 Å². The number of likely N-dealkylation sites (N-methyl/N-ethyl adjacent to an activating group) is 1.